The molecule has 0 N–H and O–H groups in total. The molecule has 0 bridgehead atoms. The van der Waals surface area contributed by atoms with Crippen molar-refractivity contribution in [1.82, 2.24) is 4.90 Å². The first-order chi connectivity index (χ1) is 13.5. The molecule has 3 nitrogen and oxygen atoms in total. The van der Waals surface area contributed by atoms with E-state index in [1.165, 1.54) is 30.4 Å². The van der Waals surface area contributed by atoms with Crippen LogP contribution in [0.4, 0.5) is 0 Å². The molecule has 2 saturated heterocycles. The third kappa shape index (κ3) is 4.69. The second-order valence-corrected chi connectivity index (χ2v) is 8.82. The van der Waals surface area contributed by atoms with E-state index < -0.39 is 0 Å². The fraction of sp³-hybridized carbons (Fsp3) is 0.542. The van der Waals surface area contributed by atoms with Crippen molar-refractivity contribution in [3.63, 3.8) is 0 Å². The minimum Gasteiger partial charge on any atom is -0.381 e. The Morgan fingerprint density at radius 1 is 1.29 bits per heavy atom. The number of aliphatic imine (C=N–C) groups is 1. The number of nitrogens with zero attached hydrogens (tertiary/aromatic N) is 2. The van der Waals surface area contributed by atoms with Gasteiger partial charge in [-0.15, -0.1) is 0 Å². The normalized spacial score (nSPS) is 18.8. The molecule has 0 amide bonds. The highest BCUT2D eigenvalue weighted by molar-refractivity contribution is 6.31. The van der Waals surface area contributed by atoms with Gasteiger partial charge in [0.25, 0.3) is 0 Å². The molecule has 0 radical (unpaired) electrons. The first-order valence-electron chi connectivity index (χ1n) is 10.5. The largest absolute Gasteiger partial charge is 0.381 e. The van der Waals surface area contributed by atoms with Crippen molar-refractivity contribution in [2.24, 2.45) is 10.4 Å². The van der Waals surface area contributed by atoms with E-state index in [0.29, 0.717) is 5.41 Å². The molecule has 0 aromatic heterocycles. The Balaban J connectivity index is 1.73. The van der Waals surface area contributed by atoms with E-state index in [-0.39, 0.29) is 0 Å². The summed E-state index contributed by atoms with van der Waals surface area (Å²) in [5.41, 5.74) is 4.84. The van der Waals surface area contributed by atoms with Crippen molar-refractivity contribution in [2.45, 2.75) is 52.9 Å². The summed E-state index contributed by atoms with van der Waals surface area (Å²) in [6.45, 7) is 14.7. The van der Waals surface area contributed by atoms with Crippen LogP contribution in [0.15, 0.2) is 41.2 Å². The number of benzene rings is 1. The predicted molar refractivity (Wildman–Crippen MR) is 120 cm³/mol. The minimum atomic E-state index is 0.409. The summed E-state index contributed by atoms with van der Waals surface area (Å²) < 4.78 is 5.67. The van der Waals surface area contributed by atoms with Gasteiger partial charge in [-0.1, -0.05) is 43.7 Å². The van der Waals surface area contributed by atoms with Crippen LogP contribution < -0.4 is 0 Å². The number of allylic oxidation sites excluding steroid dienone is 2. The summed E-state index contributed by atoms with van der Waals surface area (Å²) in [4.78, 5) is 7.30. The van der Waals surface area contributed by atoms with E-state index in [4.69, 9.17) is 21.3 Å². The maximum Gasteiger partial charge on any atom is 0.127 e. The smallest absolute Gasteiger partial charge is 0.127 e. The standard InChI is InChI=1S/C24H33ClN2O/c1-5-7-21-20(8-6-9-22(21)25)19(4)16-26-23(18(2)3)27-13-10-24(11-14-27)12-15-28-17-24/h6,8-9,16H,4-5,7,10-15,17H2,1-3H3/b26-16-. The van der Waals surface area contributed by atoms with Gasteiger partial charge in [0.05, 0.1) is 6.61 Å². The summed E-state index contributed by atoms with van der Waals surface area (Å²) >= 11 is 6.43. The highest BCUT2D eigenvalue weighted by atomic mass is 35.5. The van der Waals surface area contributed by atoms with Crippen molar-refractivity contribution in [3.05, 3.63) is 52.3 Å². The van der Waals surface area contributed by atoms with Crippen LogP contribution in [0.25, 0.3) is 5.57 Å². The molecule has 1 aromatic rings. The molecule has 0 aliphatic carbocycles. The lowest BCUT2D eigenvalue weighted by atomic mass is 9.78. The van der Waals surface area contributed by atoms with Gasteiger partial charge in [-0.2, -0.15) is 0 Å². The van der Waals surface area contributed by atoms with Crippen LogP contribution in [-0.2, 0) is 11.2 Å². The SMILES string of the molecule is C=C(/C=N\C(=C(C)C)N1CCC2(CCOC2)CC1)c1cccc(Cl)c1CCC. The fourth-order valence-electron chi connectivity index (χ4n) is 4.34. The topological polar surface area (TPSA) is 24.8 Å². The Kier molecular flexibility index (Phi) is 7.00. The number of likely N-dealkylation sites (tertiary alicyclic amines) is 1. The first-order valence-corrected chi connectivity index (χ1v) is 10.8. The Hall–Kier alpha value is -1.58. The first kappa shape index (κ1) is 21.1. The van der Waals surface area contributed by atoms with Crippen LogP contribution >= 0.6 is 11.6 Å². The quantitative estimate of drug-likeness (QED) is 0.536. The van der Waals surface area contributed by atoms with Gasteiger partial charge in [0, 0.05) is 30.9 Å². The highest BCUT2D eigenvalue weighted by Gasteiger charge is 2.38. The predicted octanol–water partition coefficient (Wildman–Crippen LogP) is 6.13. The van der Waals surface area contributed by atoms with Gasteiger partial charge >= 0.3 is 0 Å². The zero-order chi connectivity index (χ0) is 20.1. The number of halogens is 1. The maximum absolute atomic E-state index is 6.43. The highest BCUT2D eigenvalue weighted by Crippen LogP contribution is 2.40. The van der Waals surface area contributed by atoms with Crippen molar-refractivity contribution in [1.29, 1.82) is 0 Å². The molecule has 2 fully saturated rings. The number of hydrogen-bond acceptors (Lipinski definition) is 3. The molecule has 2 aliphatic heterocycles. The van der Waals surface area contributed by atoms with E-state index in [9.17, 15) is 0 Å². The average Bonchev–Trinajstić information content (AvgIpc) is 3.13. The Labute approximate surface area is 175 Å². The van der Waals surface area contributed by atoms with Crippen molar-refractivity contribution >= 4 is 23.4 Å². The van der Waals surface area contributed by atoms with Crippen molar-refractivity contribution in [3.8, 4) is 0 Å². The van der Waals surface area contributed by atoms with Gasteiger partial charge in [-0.3, -0.25) is 0 Å². The van der Waals surface area contributed by atoms with Crippen LogP contribution in [0.3, 0.4) is 0 Å². The molecular weight excluding hydrogens is 368 g/mol. The molecule has 3 rings (SSSR count). The summed E-state index contributed by atoms with van der Waals surface area (Å²) in [5, 5.41) is 0.816. The van der Waals surface area contributed by atoms with Gasteiger partial charge in [0.1, 0.15) is 5.82 Å². The van der Waals surface area contributed by atoms with Gasteiger partial charge in [-0.25, -0.2) is 4.99 Å². The van der Waals surface area contributed by atoms with Gasteiger partial charge in [0.2, 0.25) is 0 Å². The lowest BCUT2D eigenvalue weighted by Crippen LogP contribution is -2.39. The van der Waals surface area contributed by atoms with Gasteiger partial charge in [0.15, 0.2) is 0 Å². The summed E-state index contributed by atoms with van der Waals surface area (Å²) in [5.74, 6) is 1.08. The third-order valence-corrected chi connectivity index (χ3v) is 6.42. The minimum absolute atomic E-state index is 0.409. The zero-order valence-electron chi connectivity index (χ0n) is 17.6. The molecule has 2 heterocycles. The molecular formula is C24H33ClN2O. The Morgan fingerprint density at radius 3 is 2.64 bits per heavy atom. The zero-order valence-corrected chi connectivity index (χ0v) is 18.3. The third-order valence-electron chi connectivity index (χ3n) is 6.06. The molecule has 4 heteroatoms. The molecule has 28 heavy (non-hydrogen) atoms. The Morgan fingerprint density at radius 2 is 2.04 bits per heavy atom. The van der Waals surface area contributed by atoms with E-state index in [2.05, 4.69) is 38.3 Å². The monoisotopic (exact) mass is 400 g/mol. The van der Waals surface area contributed by atoms with Crippen molar-refractivity contribution in [2.75, 3.05) is 26.3 Å². The lowest BCUT2D eigenvalue weighted by Gasteiger charge is -2.39. The lowest BCUT2D eigenvalue weighted by molar-refractivity contribution is 0.0939. The maximum atomic E-state index is 6.43. The van der Waals surface area contributed by atoms with E-state index in [1.807, 2.05) is 18.3 Å². The summed E-state index contributed by atoms with van der Waals surface area (Å²) in [6.07, 6.45) is 7.51. The average molecular weight is 401 g/mol. The molecule has 0 atom stereocenters. The van der Waals surface area contributed by atoms with Crippen LogP contribution in [0, 0.1) is 5.41 Å². The molecule has 0 saturated carbocycles. The van der Waals surface area contributed by atoms with Gasteiger partial charge < -0.3 is 9.64 Å². The molecule has 1 spiro atoms. The number of rotatable bonds is 6. The second-order valence-electron chi connectivity index (χ2n) is 8.41. The summed E-state index contributed by atoms with van der Waals surface area (Å²) in [6, 6.07) is 6.04. The molecule has 0 unspecified atom stereocenters. The van der Waals surface area contributed by atoms with Crippen LogP contribution in [0.1, 0.15) is 57.6 Å². The van der Waals surface area contributed by atoms with Crippen LogP contribution in [0.5, 0.6) is 0 Å². The summed E-state index contributed by atoms with van der Waals surface area (Å²) in [7, 11) is 0. The number of piperidine rings is 1. The second kappa shape index (κ2) is 9.28. The molecule has 152 valence electrons. The fourth-order valence-corrected chi connectivity index (χ4v) is 4.60. The molecule has 2 aliphatic rings. The van der Waals surface area contributed by atoms with E-state index in [1.54, 1.807) is 0 Å². The number of ether oxygens (including phenoxy) is 1. The van der Waals surface area contributed by atoms with Gasteiger partial charge in [-0.05, 0) is 73.3 Å². The van der Waals surface area contributed by atoms with Crippen LogP contribution in [-0.4, -0.2) is 37.4 Å². The van der Waals surface area contributed by atoms with E-state index in [0.717, 1.165) is 61.1 Å². The van der Waals surface area contributed by atoms with E-state index >= 15 is 0 Å². The van der Waals surface area contributed by atoms with Crippen LogP contribution in [0.2, 0.25) is 5.02 Å². The molecule has 1 aromatic carbocycles. The Bertz CT molecular complexity index is 761. The van der Waals surface area contributed by atoms with Crippen molar-refractivity contribution < 1.29 is 4.74 Å². The number of hydrogen-bond donors (Lipinski definition) is 0.